The van der Waals surface area contributed by atoms with Crippen LogP contribution in [0.15, 0.2) is 76.5 Å². The van der Waals surface area contributed by atoms with Gasteiger partial charge in [-0.05, 0) is 99.8 Å². The number of rotatable bonds is 9. The average molecular weight is 740 g/mol. The van der Waals surface area contributed by atoms with Gasteiger partial charge >= 0.3 is 0 Å². The molecule has 1 aliphatic rings. The number of aliphatic hydroxyl groups excluding tert-OH is 1. The van der Waals surface area contributed by atoms with E-state index >= 15 is 0 Å². The highest BCUT2D eigenvalue weighted by atomic mass is 35.5. The molecule has 0 aliphatic carbocycles. The average Bonchev–Trinajstić information content (AvgIpc) is 3.06. The lowest BCUT2D eigenvalue weighted by Crippen LogP contribution is -2.48. The molecule has 0 radical (unpaired) electrons. The number of fused-ring (bicyclic) bond motifs is 1. The van der Waals surface area contributed by atoms with E-state index in [2.05, 4.69) is 4.72 Å². The summed E-state index contributed by atoms with van der Waals surface area (Å²) in [5.74, 6) is -1.29. The van der Waals surface area contributed by atoms with Crippen molar-refractivity contribution in [3.05, 3.63) is 83.1 Å². The zero-order valence-corrected chi connectivity index (χ0v) is 30.3. The quantitative estimate of drug-likeness (QED) is 0.297. The number of aliphatic hydroxyl groups is 1. The van der Waals surface area contributed by atoms with E-state index in [4.69, 9.17) is 21.1 Å². The van der Waals surface area contributed by atoms with Crippen molar-refractivity contribution in [3.8, 4) is 5.75 Å². The number of sulfonamides is 2. The number of nitrogens with one attached hydrogen (secondary N) is 1. The highest BCUT2D eigenvalue weighted by molar-refractivity contribution is 7.92. The fourth-order valence-corrected chi connectivity index (χ4v) is 7.77. The van der Waals surface area contributed by atoms with Gasteiger partial charge in [-0.3, -0.25) is 9.52 Å². The minimum Gasteiger partial charge on any atom is -0.490 e. The Morgan fingerprint density at radius 1 is 1.02 bits per heavy atom. The Hall–Kier alpha value is -3.27. The molecule has 268 valence electrons. The van der Waals surface area contributed by atoms with Gasteiger partial charge in [0.1, 0.15) is 11.6 Å². The van der Waals surface area contributed by atoms with E-state index in [1.54, 1.807) is 6.92 Å². The lowest BCUT2D eigenvalue weighted by Gasteiger charge is -2.35. The van der Waals surface area contributed by atoms with Gasteiger partial charge in [0.2, 0.25) is 10.0 Å². The molecule has 0 spiro atoms. The van der Waals surface area contributed by atoms with Crippen LogP contribution in [-0.2, 0) is 24.8 Å². The fraction of sp³-hybridized carbons (Fsp3) is 0.441. The van der Waals surface area contributed by atoms with Gasteiger partial charge in [-0.2, -0.15) is 4.31 Å². The Kier molecular flexibility index (Phi) is 13.1. The van der Waals surface area contributed by atoms with E-state index < -0.39 is 49.8 Å². The molecule has 4 rings (SSSR count). The van der Waals surface area contributed by atoms with Crippen molar-refractivity contribution in [3.63, 3.8) is 0 Å². The third-order valence-corrected chi connectivity index (χ3v) is 11.9. The SMILES string of the molecule is C[C@@H]1CCCCO[C@@H](CN(C)S(=O)(=O)c2ccc(Cl)cc2)[C@@H](C)CN([C@H](C)CO)C(=O)c2cc(NS(=O)(=O)c3ccc(F)cc3)ccc2O1. The summed E-state index contributed by atoms with van der Waals surface area (Å²) < 4.78 is 82.6. The molecule has 0 aromatic heterocycles. The van der Waals surface area contributed by atoms with Crippen LogP contribution in [0.5, 0.6) is 5.75 Å². The van der Waals surface area contributed by atoms with Gasteiger partial charge in [0.05, 0.1) is 40.2 Å². The van der Waals surface area contributed by atoms with Gasteiger partial charge in [0.15, 0.2) is 0 Å². The number of amides is 1. The summed E-state index contributed by atoms with van der Waals surface area (Å²) in [5.41, 5.74) is 0.143. The summed E-state index contributed by atoms with van der Waals surface area (Å²) in [7, 11) is -6.55. The summed E-state index contributed by atoms with van der Waals surface area (Å²) in [5, 5.41) is 10.6. The number of ether oxygens (including phenoxy) is 2. The number of hydrogen-bond donors (Lipinski definition) is 2. The first-order valence-electron chi connectivity index (χ1n) is 16.0. The first-order chi connectivity index (χ1) is 23.1. The number of anilines is 1. The molecule has 3 aromatic carbocycles. The number of hydrogen-bond acceptors (Lipinski definition) is 8. The third-order valence-electron chi connectivity index (χ3n) is 8.39. The van der Waals surface area contributed by atoms with Crippen molar-refractivity contribution in [2.24, 2.45) is 5.92 Å². The maximum atomic E-state index is 14.3. The minimum absolute atomic E-state index is 0.00687. The van der Waals surface area contributed by atoms with Crippen molar-refractivity contribution >= 4 is 43.2 Å². The van der Waals surface area contributed by atoms with Crippen molar-refractivity contribution < 1.29 is 40.6 Å². The fourth-order valence-electron chi connectivity index (χ4n) is 5.41. The second-order valence-corrected chi connectivity index (χ2v) is 16.5. The molecule has 15 heteroatoms. The van der Waals surface area contributed by atoms with Crippen LogP contribution < -0.4 is 9.46 Å². The molecule has 0 fully saturated rings. The van der Waals surface area contributed by atoms with E-state index in [0.717, 1.165) is 30.7 Å². The molecular formula is C34H43ClFN3O8S2. The molecule has 1 heterocycles. The second kappa shape index (κ2) is 16.6. The molecule has 11 nitrogen and oxygen atoms in total. The minimum atomic E-state index is -4.13. The van der Waals surface area contributed by atoms with Crippen LogP contribution >= 0.6 is 11.6 Å². The van der Waals surface area contributed by atoms with E-state index in [9.17, 15) is 31.1 Å². The maximum absolute atomic E-state index is 14.3. The molecule has 4 atom stereocenters. The Bertz CT molecular complexity index is 1790. The Balaban J connectivity index is 1.67. The van der Waals surface area contributed by atoms with Gasteiger partial charge in [0, 0.05) is 43.4 Å². The van der Waals surface area contributed by atoms with Crippen LogP contribution in [0.1, 0.15) is 50.4 Å². The number of likely N-dealkylation sites (N-methyl/N-ethyl adjacent to an activating group) is 1. The predicted octanol–water partition coefficient (Wildman–Crippen LogP) is 5.40. The lowest BCUT2D eigenvalue weighted by molar-refractivity contribution is -0.00833. The molecule has 0 saturated heterocycles. The summed E-state index contributed by atoms with van der Waals surface area (Å²) in [6, 6.07) is 13.9. The van der Waals surface area contributed by atoms with E-state index in [0.29, 0.717) is 24.5 Å². The summed E-state index contributed by atoms with van der Waals surface area (Å²) >= 11 is 5.97. The van der Waals surface area contributed by atoms with Crippen molar-refractivity contribution in [2.45, 2.75) is 68.1 Å². The number of carbonyl (C=O) groups excluding carboxylic acids is 1. The molecule has 0 saturated carbocycles. The van der Waals surface area contributed by atoms with Crippen LogP contribution in [-0.4, -0.2) is 88.7 Å². The van der Waals surface area contributed by atoms with Gasteiger partial charge < -0.3 is 19.5 Å². The predicted molar refractivity (Wildman–Crippen MR) is 185 cm³/mol. The van der Waals surface area contributed by atoms with Crippen LogP contribution in [0.2, 0.25) is 5.02 Å². The van der Waals surface area contributed by atoms with Crippen molar-refractivity contribution in [1.29, 1.82) is 0 Å². The van der Waals surface area contributed by atoms with E-state index in [1.807, 2.05) is 13.8 Å². The smallest absolute Gasteiger partial charge is 0.261 e. The summed E-state index contributed by atoms with van der Waals surface area (Å²) in [6.07, 6.45) is 1.09. The zero-order valence-electron chi connectivity index (χ0n) is 27.9. The number of carbonyl (C=O) groups is 1. The van der Waals surface area contributed by atoms with Crippen LogP contribution in [0.25, 0.3) is 0 Å². The third kappa shape index (κ3) is 9.92. The molecule has 2 N–H and O–H groups in total. The first kappa shape index (κ1) is 38.5. The Labute approximate surface area is 293 Å². The molecule has 49 heavy (non-hydrogen) atoms. The first-order valence-corrected chi connectivity index (χ1v) is 19.3. The highest BCUT2D eigenvalue weighted by Gasteiger charge is 2.32. The standard InChI is InChI=1S/C34H43ClFN3O8S2/c1-23-20-39(24(2)22-40)34(41)31-19-28(37-48(42,43)29-15-10-27(36)11-16-29)12-17-32(31)47-25(3)7-5-6-18-46-33(23)21-38(4)49(44,45)30-13-8-26(35)9-14-30/h8-17,19,23-25,33,37,40H,5-7,18,20-22H2,1-4H3/t23-,24+,25+,33-/m0/s1. The van der Waals surface area contributed by atoms with Gasteiger partial charge in [-0.15, -0.1) is 0 Å². The zero-order chi connectivity index (χ0) is 35.9. The molecule has 1 amide bonds. The van der Waals surface area contributed by atoms with E-state index in [-0.39, 0.29) is 52.6 Å². The highest BCUT2D eigenvalue weighted by Crippen LogP contribution is 2.30. The number of nitrogens with zero attached hydrogens (tertiary/aromatic N) is 2. The lowest BCUT2D eigenvalue weighted by atomic mass is 10.0. The molecule has 1 aliphatic heterocycles. The van der Waals surface area contributed by atoms with Crippen LogP contribution in [0.4, 0.5) is 10.1 Å². The summed E-state index contributed by atoms with van der Waals surface area (Å²) in [4.78, 5) is 15.7. The maximum Gasteiger partial charge on any atom is 0.261 e. The van der Waals surface area contributed by atoms with Crippen molar-refractivity contribution in [1.82, 2.24) is 9.21 Å². The Morgan fingerprint density at radius 2 is 1.67 bits per heavy atom. The topological polar surface area (TPSA) is 143 Å². The number of benzene rings is 3. The van der Waals surface area contributed by atoms with Crippen LogP contribution in [0, 0.1) is 11.7 Å². The molecular weight excluding hydrogens is 697 g/mol. The van der Waals surface area contributed by atoms with E-state index in [1.165, 1.54) is 58.7 Å². The number of halogens is 2. The summed E-state index contributed by atoms with van der Waals surface area (Å²) in [6.45, 7) is 5.42. The molecule has 0 unspecified atom stereocenters. The normalized spacial score (nSPS) is 20.6. The van der Waals surface area contributed by atoms with Gasteiger partial charge in [-0.1, -0.05) is 18.5 Å². The van der Waals surface area contributed by atoms with Gasteiger partial charge in [-0.25, -0.2) is 21.2 Å². The Morgan fingerprint density at radius 3 is 2.33 bits per heavy atom. The monoisotopic (exact) mass is 739 g/mol. The second-order valence-electron chi connectivity index (χ2n) is 12.3. The van der Waals surface area contributed by atoms with Crippen molar-refractivity contribution in [2.75, 3.05) is 38.1 Å². The van der Waals surface area contributed by atoms with Gasteiger partial charge in [0.25, 0.3) is 15.9 Å². The molecule has 3 aromatic rings. The largest absolute Gasteiger partial charge is 0.490 e. The van der Waals surface area contributed by atoms with Crippen LogP contribution in [0.3, 0.4) is 0 Å². The molecule has 0 bridgehead atoms.